The number of amides is 2. The van der Waals surface area contributed by atoms with E-state index in [9.17, 15) is 9.59 Å². The van der Waals surface area contributed by atoms with Crippen molar-refractivity contribution in [3.63, 3.8) is 0 Å². The molecule has 2 amide bonds. The molecule has 3 rings (SSSR count). The summed E-state index contributed by atoms with van der Waals surface area (Å²) in [6, 6.07) is 1.70. The summed E-state index contributed by atoms with van der Waals surface area (Å²) in [5, 5.41) is 0. The molecule has 1 aliphatic heterocycles. The fourth-order valence-electron chi connectivity index (χ4n) is 3.46. The zero-order valence-electron chi connectivity index (χ0n) is 12.5. The molecule has 0 bridgehead atoms. The van der Waals surface area contributed by atoms with Crippen molar-refractivity contribution in [1.82, 2.24) is 4.90 Å². The lowest BCUT2D eigenvalue weighted by Crippen LogP contribution is -2.54. The van der Waals surface area contributed by atoms with Gasteiger partial charge in [-0.25, -0.2) is 0 Å². The van der Waals surface area contributed by atoms with Crippen LogP contribution in [0.4, 0.5) is 0 Å². The molecule has 1 aromatic heterocycles. The van der Waals surface area contributed by atoms with E-state index in [1.54, 1.807) is 12.3 Å². The highest BCUT2D eigenvalue weighted by atomic mass is 16.3. The third-order valence-corrected chi connectivity index (χ3v) is 4.87. The van der Waals surface area contributed by atoms with Gasteiger partial charge in [-0.15, -0.1) is 0 Å². The molecule has 21 heavy (non-hydrogen) atoms. The number of hydrogen-bond donors (Lipinski definition) is 1. The van der Waals surface area contributed by atoms with E-state index in [2.05, 4.69) is 0 Å². The highest BCUT2D eigenvalue weighted by Crippen LogP contribution is 2.43. The van der Waals surface area contributed by atoms with Crippen molar-refractivity contribution in [3.8, 4) is 0 Å². The van der Waals surface area contributed by atoms with E-state index in [1.165, 1.54) is 0 Å². The summed E-state index contributed by atoms with van der Waals surface area (Å²) in [4.78, 5) is 26.3. The topological polar surface area (TPSA) is 76.5 Å². The van der Waals surface area contributed by atoms with Crippen molar-refractivity contribution in [2.75, 3.05) is 0 Å². The largest absolute Gasteiger partial charge is 0.468 e. The summed E-state index contributed by atoms with van der Waals surface area (Å²) in [5.41, 5.74) is 6.13. The van der Waals surface area contributed by atoms with E-state index in [0.29, 0.717) is 11.5 Å². The number of hydrogen-bond acceptors (Lipinski definition) is 3. The third-order valence-electron chi connectivity index (χ3n) is 4.87. The summed E-state index contributed by atoms with van der Waals surface area (Å²) >= 11 is 0. The van der Waals surface area contributed by atoms with Gasteiger partial charge in [-0.3, -0.25) is 9.59 Å². The van der Waals surface area contributed by atoms with E-state index < -0.39 is 0 Å². The van der Waals surface area contributed by atoms with Gasteiger partial charge >= 0.3 is 0 Å². The monoisotopic (exact) mass is 290 g/mol. The molecule has 114 valence electrons. The minimum Gasteiger partial charge on any atom is -0.468 e. The van der Waals surface area contributed by atoms with E-state index in [0.717, 1.165) is 31.4 Å². The van der Waals surface area contributed by atoms with Crippen molar-refractivity contribution in [2.24, 2.45) is 11.7 Å². The molecule has 0 aromatic carbocycles. The zero-order valence-corrected chi connectivity index (χ0v) is 12.5. The lowest BCUT2D eigenvalue weighted by molar-refractivity contribution is -0.125. The van der Waals surface area contributed by atoms with Gasteiger partial charge in [-0.05, 0) is 45.6 Å². The van der Waals surface area contributed by atoms with Crippen molar-refractivity contribution >= 4 is 11.8 Å². The number of piperidine rings is 1. The van der Waals surface area contributed by atoms with Gasteiger partial charge in [0.15, 0.2) is 0 Å². The van der Waals surface area contributed by atoms with Gasteiger partial charge in [0.1, 0.15) is 5.76 Å². The Hall–Kier alpha value is -1.78. The molecule has 3 unspecified atom stereocenters. The summed E-state index contributed by atoms with van der Waals surface area (Å²) in [6.45, 7) is 3.95. The standard InChI is InChI=1S/C16H22N2O3/c1-9-3-6-12(15(17)19)10(2)18(9)16(20)13-7-8-21-14(13)11-4-5-11/h7-12H,3-6H2,1-2H3,(H2,17,19). The van der Waals surface area contributed by atoms with Crippen LogP contribution in [0.3, 0.4) is 0 Å². The normalized spacial score (nSPS) is 29.4. The maximum Gasteiger partial charge on any atom is 0.257 e. The number of furan rings is 1. The van der Waals surface area contributed by atoms with E-state index in [4.69, 9.17) is 10.2 Å². The Bertz CT molecular complexity index is 562. The Morgan fingerprint density at radius 1 is 1.24 bits per heavy atom. The molecule has 2 N–H and O–H groups in total. The molecule has 0 spiro atoms. The molecule has 3 atom stereocenters. The van der Waals surface area contributed by atoms with Gasteiger partial charge in [-0.2, -0.15) is 0 Å². The van der Waals surface area contributed by atoms with Crippen LogP contribution in [0.5, 0.6) is 0 Å². The Morgan fingerprint density at radius 2 is 1.95 bits per heavy atom. The van der Waals surface area contributed by atoms with E-state index in [-0.39, 0.29) is 29.8 Å². The van der Waals surface area contributed by atoms with Crippen molar-refractivity contribution in [2.45, 2.75) is 57.5 Å². The molecule has 2 heterocycles. The van der Waals surface area contributed by atoms with Gasteiger partial charge in [-0.1, -0.05) is 0 Å². The first kappa shape index (κ1) is 14.2. The van der Waals surface area contributed by atoms with Crippen LogP contribution in [-0.4, -0.2) is 28.8 Å². The number of likely N-dealkylation sites (tertiary alicyclic amines) is 1. The molecule has 5 nitrogen and oxygen atoms in total. The van der Waals surface area contributed by atoms with Gasteiger partial charge in [0, 0.05) is 18.0 Å². The minimum atomic E-state index is -0.318. The molecule has 2 fully saturated rings. The fourth-order valence-corrected chi connectivity index (χ4v) is 3.46. The smallest absolute Gasteiger partial charge is 0.257 e. The van der Waals surface area contributed by atoms with Crippen molar-refractivity contribution in [3.05, 3.63) is 23.7 Å². The van der Waals surface area contributed by atoms with Crippen LogP contribution in [0.25, 0.3) is 0 Å². The Kier molecular flexibility index (Phi) is 3.51. The Morgan fingerprint density at radius 3 is 2.57 bits per heavy atom. The lowest BCUT2D eigenvalue weighted by Gasteiger charge is -2.42. The second-order valence-corrected chi connectivity index (χ2v) is 6.36. The second kappa shape index (κ2) is 5.20. The third kappa shape index (κ3) is 2.45. The van der Waals surface area contributed by atoms with Gasteiger partial charge in [0.05, 0.1) is 17.7 Å². The summed E-state index contributed by atoms with van der Waals surface area (Å²) in [5.74, 6) is 0.585. The summed E-state index contributed by atoms with van der Waals surface area (Å²) in [6.07, 6.45) is 5.32. The maximum absolute atomic E-state index is 12.9. The molecule has 2 aliphatic rings. The minimum absolute atomic E-state index is 0.0309. The van der Waals surface area contributed by atoms with Crippen molar-refractivity contribution in [1.29, 1.82) is 0 Å². The van der Waals surface area contributed by atoms with Crippen LogP contribution in [0.15, 0.2) is 16.7 Å². The fraction of sp³-hybridized carbons (Fsp3) is 0.625. The average Bonchev–Trinajstić information content (AvgIpc) is 3.15. The van der Waals surface area contributed by atoms with Crippen LogP contribution in [0, 0.1) is 5.92 Å². The average molecular weight is 290 g/mol. The molecule has 0 radical (unpaired) electrons. The van der Waals surface area contributed by atoms with Gasteiger partial charge in [0.2, 0.25) is 5.91 Å². The summed E-state index contributed by atoms with van der Waals surface area (Å²) < 4.78 is 5.51. The highest BCUT2D eigenvalue weighted by molar-refractivity contribution is 5.96. The highest BCUT2D eigenvalue weighted by Gasteiger charge is 2.40. The quantitative estimate of drug-likeness (QED) is 0.927. The van der Waals surface area contributed by atoms with E-state index >= 15 is 0 Å². The molecular formula is C16H22N2O3. The number of nitrogens with zero attached hydrogens (tertiary/aromatic N) is 1. The molecule has 1 aliphatic carbocycles. The molecule has 1 saturated heterocycles. The van der Waals surface area contributed by atoms with Crippen LogP contribution in [0.1, 0.15) is 61.6 Å². The molecule has 5 heteroatoms. The Labute approximate surface area is 124 Å². The number of carbonyl (C=O) groups is 2. The van der Waals surface area contributed by atoms with Crippen LogP contribution in [-0.2, 0) is 4.79 Å². The van der Waals surface area contributed by atoms with Crippen molar-refractivity contribution < 1.29 is 14.0 Å². The SMILES string of the molecule is CC1CCC(C(N)=O)C(C)N1C(=O)c1ccoc1C1CC1. The maximum atomic E-state index is 12.9. The molecule has 1 aromatic rings. The van der Waals surface area contributed by atoms with Gasteiger partial charge in [0.25, 0.3) is 5.91 Å². The molecule has 1 saturated carbocycles. The summed E-state index contributed by atoms with van der Waals surface area (Å²) in [7, 11) is 0. The predicted molar refractivity (Wildman–Crippen MR) is 77.7 cm³/mol. The zero-order chi connectivity index (χ0) is 15.1. The second-order valence-electron chi connectivity index (χ2n) is 6.36. The predicted octanol–water partition coefficient (Wildman–Crippen LogP) is 2.27. The first-order chi connectivity index (χ1) is 10.0. The number of primary amides is 1. The van der Waals surface area contributed by atoms with Gasteiger partial charge < -0.3 is 15.1 Å². The first-order valence-electron chi connectivity index (χ1n) is 7.70. The van der Waals surface area contributed by atoms with Crippen LogP contribution >= 0.6 is 0 Å². The molecular weight excluding hydrogens is 268 g/mol. The number of carbonyl (C=O) groups excluding carboxylic acids is 2. The Balaban J connectivity index is 1.87. The van der Waals surface area contributed by atoms with Crippen LogP contribution in [0.2, 0.25) is 0 Å². The lowest BCUT2D eigenvalue weighted by atomic mass is 9.85. The number of nitrogens with two attached hydrogens (primary N) is 1. The number of rotatable bonds is 3. The van der Waals surface area contributed by atoms with E-state index in [1.807, 2.05) is 18.7 Å². The first-order valence-corrected chi connectivity index (χ1v) is 7.70. The van der Waals surface area contributed by atoms with Crippen LogP contribution < -0.4 is 5.73 Å².